The van der Waals surface area contributed by atoms with Gasteiger partial charge < -0.3 is 20.4 Å². The summed E-state index contributed by atoms with van der Waals surface area (Å²) in [5, 5.41) is 35.2. The Bertz CT molecular complexity index is 2630. The number of carbonyl (C=O) groups excluding carboxylic acids is 2. The molecule has 13 nitrogen and oxygen atoms in total. The number of thiazole rings is 3. The average Bonchev–Trinajstić information content (AvgIpc) is 3.98. The number of aromatic nitrogens is 3. The van der Waals surface area contributed by atoms with Gasteiger partial charge in [0.15, 0.2) is 14.6 Å². The topological polar surface area (TPSA) is 222 Å². The Labute approximate surface area is 391 Å². The summed E-state index contributed by atoms with van der Waals surface area (Å²) in [7, 11) is 0. The normalized spacial score (nSPS) is 13.0. The molecule has 4 N–H and O–H groups in total. The van der Waals surface area contributed by atoms with Gasteiger partial charge >= 0.3 is 23.9 Å². The summed E-state index contributed by atoms with van der Waals surface area (Å²) in [4.78, 5) is 80.8. The van der Waals surface area contributed by atoms with Crippen LogP contribution in [0.5, 0.6) is 0 Å². The van der Waals surface area contributed by atoms with Crippen molar-refractivity contribution in [1.82, 2.24) is 15.0 Å². The van der Waals surface area contributed by atoms with Crippen molar-refractivity contribution in [3.8, 4) is 0 Å². The minimum atomic E-state index is -1.14. The smallest absolute Gasteiger partial charge is 0.317 e. The summed E-state index contributed by atoms with van der Waals surface area (Å²) in [6.07, 6.45) is 2.21. The van der Waals surface area contributed by atoms with Crippen molar-refractivity contribution >= 4 is 136 Å². The van der Waals surface area contributed by atoms with Gasteiger partial charge in [0, 0.05) is 0 Å². The van der Waals surface area contributed by atoms with Gasteiger partial charge in [-0.25, -0.2) is 15.0 Å². The number of para-hydroxylation sites is 1. The monoisotopic (exact) mass is 971 g/mol. The molecule has 6 aromatic rings. The van der Waals surface area contributed by atoms with Crippen LogP contribution in [0.4, 0.5) is 0 Å². The quantitative estimate of drug-likeness (QED) is 0.0393. The summed E-state index contributed by atoms with van der Waals surface area (Å²) in [6, 6.07) is 9.60. The Kier molecular flexibility index (Phi) is 18.3. The number of carbonyl (C=O) groups is 6. The van der Waals surface area contributed by atoms with E-state index in [9.17, 15) is 28.8 Å². The number of benzene rings is 3. The number of hydrogen-bond acceptors (Lipinski definition) is 13. The maximum absolute atomic E-state index is 11.7. The number of fused-ring (bicyclic) bond motifs is 3. The molecule has 3 heterocycles. The van der Waals surface area contributed by atoms with Gasteiger partial charge in [-0.3, -0.25) is 28.8 Å². The van der Waals surface area contributed by atoms with Crippen molar-refractivity contribution in [1.29, 1.82) is 0 Å². The van der Waals surface area contributed by atoms with Crippen LogP contribution in [0.1, 0.15) is 101 Å². The molecule has 63 heavy (non-hydrogen) atoms. The standard InChI is InChI=1S/C17H21NO3S2.C15H17NO3S2.C12H11NO4S2/c1-4-9-7-13-15(11(6-3)10(9)5-2)18-16(23-13)12(17(21)22)8-14(19)20;1-6-7(2)9(4)13-12(8(6)3)16-14(21-13)10(15(19)20)5-11(17)18;1-6(10(14)15)9(11(16)17)19-12-13-7-4-2-3-5-8(7)18-12/h7,12H,4-6,8H2,1-3H3,(H,19,20)(H,21,22);10H,5H2,1-4H3,(H,17,18)(H,19,20);2-6,9H,1H3,(H,14,15)(H,16,17). The summed E-state index contributed by atoms with van der Waals surface area (Å²) in [6.45, 7) is 15.9. The zero-order valence-corrected chi connectivity index (χ0v) is 40.9. The van der Waals surface area contributed by atoms with E-state index in [0.29, 0.717) is 14.4 Å². The Hall–Kier alpha value is -4.40. The molecule has 0 radical (unpaired) electrons. The first kappa shape index (κ1) is 51.2. The molecular formula is C44H49N3O10S6. The molecule has 19 heteroatoms. The minimum absolute atomic E-state index is 0.273. The molecule has 0 aliphatic carbocycles. The van der Waals surface area contributed by atoms with Crippen LogP contribution >= 0.6 is 71.0 Å². The van der Waals surface area contributed by atoms with E-state index in [1.165, 1.54) is 68.8 Å². The molecule has 0 aliphatic heterocycles. The molecule has 4 atom stereocenters. The lowest BCUT2D eigenvalue weighted by Gasteiger charge is -2.14. The average molecular weight is 972 g/mol. The van der Waals surface area contributed by atoms with Gasteiger partial charge in [-0.1, -0.05) is 51.6 Å². The predicted molar refractivity (Wildman–Crippen MR) is 258 cm³/mol. The summed E-state index contributed by atoms with van der Waals surface area (Å²) < 4.78 is 3.57. The third kappa shape index (κ3) is 12.2. The van der Waals surface area contributed by atoms with Gasteiger partial charge in [0.25, 0.3) is 0 Å². The zero-order valence-electron chi connectivity index (χ0n) is 35.8. The van der Waals surface area contributed by atoms with E-state index < -0.39 is 57.1 Å². The van der Waals surface area contributed by atoms with Crippen LogP contribution in [0.15, 0.2) is 34.7 Å². The Morgan fingerprint density at radius 3 is 1.68 bits per heavy atom. The van der Waals surface area contributed by atoms with Gasteiger partial charge in [-0.15, -0.1) is 59.3 Å². The first-order chi connectivity index (χ1) is 29.6. The van der Waals surface area contributed by atoms with E-state index in [1.807, 2.05) is 38.1 Å². The van der Waals surface area contributed by atoms with Crippen LogP contribution in [-0.4, -0.2) is 74.7 Å². The van der Waals surface area contributed by atoms with E-state index in [0.717, 1.165) is 72.8 Å². The van der Waals surface area contributed by atoms with E-state index in [2.05, 4.69) is 80.9 Å². The van der Waals surface area contributed by atoms with E-state index in [4.69, 9.17) is 20.4 Å². The van der Waals surface area contributed by atoms with Crippen LogP contribution in [0.3, 0.4) is 0 Å². The number of aliphatic carboxylic acids is 4. The fourth-order valence-electron chi connectivity index (χ4n) is 6.85. The van der Waals surface area contributed by atoms with Crippen LogP contribution in [0, 0.1) is 33.6 Å². The van der Waals surface area contributed by atoms with Crippen LogP contribution in [0.25, 0.3) is 30.6 Å². The molecule has 4 unspecified atom stereocenters. The highest BCUT2D eigenvalue weighted by Gasteiger charge is 2.32. The Morgan fingerprint density at radius 2 is 1.19 bits per heavy atom. The van der Waals surface area contributed by atoms with Crippen molar-refractivity contribution in [3.63, 3.8) is 0 Å². The van der Waals surface area contributed by atoms with Crippen LogP contribution in [-0.2, 0) is 48.0 Å². The van der Waals surface area contributed by atoms with Crippen molar-refractivity contribution in [2.45, 2.75) is 109 Å². The van der Waals surface area contributed by atoms with Gasteiger partial charge in [-0.05, 0) is 104 Å². The molecule has 336 valence electrons. The molecule has 3 aromatic carbocycles. The highest BCUT2D eigenvalue weighted by atomic mass is 32.2. The summed E-state index contributed by atoms with van der Waals surface area (Å²) >= 11 is 12.8. The number of hydrogen-bond donors (Lipinski definition) is 6. The second kappa shape index (κ2) is 22.5. The van der Waals surface area contributed by atoms with Gasteiger partial charge in [0.2, 0.25) is 0 Å². The molecule has 0 spiro atoms. The number of aryl methyl sites for hydroxylation is 4. The largest absolute Gasteiger partial charge is 0.481 e. The SMILES string of the molecule is CC(C(=O)O)C(Sc1nc2ccccc2s1)C(=O)O.CCc1cc2sc(C(CC(=O)O)C(=O)S)nc2c(CC)c1CC.Cc1c(C)c(C)c2sc(C(CC(=O)O)C(=O)S)nc2c1C. The van der Waals surface area contributed by atoms with E-state index >= 15 is 0 Å². The lowest BCUT2D eigenvalue weighted by molar-refractivity contribution is -0.146. The lowest BCUT2D eigenvalue weighted by atomic mass is 9.94. The van der Waals surface area contributed by atoms with Crippen molar-refractivity contribution in [3.05, 3.63) is 79.3 Å². The number of thioether (sulfide) groups is 1. The first-order valence-corrected chi connectivity index (χ1v) is 24.0. The lowest BCUT2D eigenvalue weighted by Crippen LogP contribution is -2.30. The fraction of sp³-hybridized carbons (Fsp3) is 0.386. The molecule has 0 amide bonds. The number of carboxylic acid groups (broad SMARTS) is 4. The van der Waals surface area contributed by atoms with Gasteiger partial charge in [0.05, 0.1) is 61.2 Å². The Morgan fingerprint density at radius 1 is 0.651 bits per heavy atom. The maximum Gasteiger partial charge on any atom is 0.317 e. The molecule has 6 rings (SSSR count). The number of carboxylic acids is 4. The molecule has 0 aliphatic rings. The van der Waals surface area contributed by atoms with E-state index in [1.54, 1.807) is 0 Å². The molecule has 0 saturated carbocycles. The summed E-state index contributed by atoms with van der Waals surface area (Å²) in [5.74, 6) is -6.86. The van der Waals surface area contributed by atoms with Crippen molar-refractivity contribution in [2.75, 3.05) is 0 Å². The summed E-state index contributed by atoms with van der Waals surface area (Å²) in [5.41, 5.74) is 11.0. The van der Waals surface area contributed by atoms with Crippen molar-refractivity contribution < 1.29 is 49.2 Å². The van der Waals surface area contributed by atoms with Crippen LogP contribution < -0.4 is 0 Å². The first-order valence-electron chi connectivity index (χ1n) is 19.8. The molecule has 0 saturated heterocycles. The number of rotatable bonds is 16. The second-order valence-electron chi connectivity index (χ2n) is 14.6. The highest BCUT2D eigenvalue weighted by molar-refractivity contribution is 8.02. The van der Waals surface area contributed by atoms with Crippen molar-refractivity contribution in [2.24, 2.45) is 5.92 Å². The molecular weight excluding hydrogens is 923 g/mol. The zero-order chi connectivity index (χ0) is 47.0. The molecule has 0 bridgehead atoms. The predicted octanol–water partition coefficient (Wildman–Crippen LogP) is 10.1. The Balaban J connectivity index is 0.000000208. The minimum Gasteiger partial charge on any atom is -0.481 e. The highest BCUT2D eigenvalue weighted by Crippen LogP contribution is 2.39. The van der Waals surface area contributed by atoms with Crippen LogP contribution in [0.2, 0.25) is 0 Å². The molecule has 3 aromatic heterocycles. The molecule has 0 fully saturated rings. The third-order valence-electron chi connectivity index (χ3n) is 10.7. The fourth-order valence-corrected chi connectivity index (χ4v) is 12.2. The van der Waals surface area contributed by atoms with E-state index in [-0.39, 0.29) is 12.8 Å². The second-order valence-corrected chi connectivity index (χ2v) is 20.0. The number of nitrogens with zero attached hydrogens (tertiary/aromatic N) is 3. The number of thiol groups is 2. The maximum atomic E-state index is 11.7. The van der Waals surface area contributed by atoms with Gasteiger partial charge in [-0.2, -0.15) is 0 Å². The van der Waals surface area contributed by atoms with Gasteiger partial charge in [0.1, 0.15) is 15.3 Å². The third-order valence-corrected chi connectivity index (χ3v) is 16.2.